The molecule has 2 nitrogen and oxygen atoms in total. The van der Waals surface area contributed by atoms with Crippen molar-refractivity contribution >= 4 is 8.56 Å². The summed E-state index contributed by atoms with van der Waals surface area (Å²) in [6.45, 7) is 10.8. The molecule has 0 saturated heterocycles. The average molecular weight is 415 g/mol. The lowest BCUT2D eigenvalue weighted by atomic mass is 10.0. The number of unbranched alkanes of at least 4 members (excludes halogenated alkanes) is 15. The van der Waals surface area contributed by atoms with Crippen molar-refractivity contribution in [1.29, 1.82) is 0 Å². The summed E-state index contributed by atoms with van der Waals surface area (Å²) in [6.07, 6.45) is 24.6. The van der Waals surface area contributed by atoms with E-state index in [0.717, 1.165) is 13.2 Å². The van der Waals surface area contributed by atoms with Gasteiger partial charge in [-0.05, 0) is 25.4 Å². The topological polar surface area (TPSA) is 18.5 Å². The molecule has 0 atom stereocenters. The molecule has 0 bridgehead atoms. The predicted molar refractivity (Wildman–Crippen MR) is 128 cm³/mol. The Hall–Kier alpha value is 0.137. The van der Waals surface area contributed by atoms with Crippen LogP contribution in [0, 0.1) is 0 Å². The fraction of sp³-hybridized carbons (Fsp3) is 1.00. The Labute approximate surface area is 179 Å². The predicted octanol–water partition coefficient (Wildman–Crippen LogP) is 9.17. The summed E-state index contributed by atoms with van der Waals surface area (Å²) >= 11 is 0. The summed E-state index contributed by atoms with van der Waals surface area (Å²) in [5.74, 6) is 0. The lowest BCUT2D eigenvalue weighted by Gasteiger charge is -2.27. The SMILES string of the molecule is CCCCCCCCCCCCCCCC[Si](C)(OCCCC)OCCCC. The molecule has 0 aromatic heterocycles. The van der Waals surface area contributed by atoms with Crippen molar-refractivity contribution in [2.24, 2.45) is 0 Å². The summed E-state index contributed by atoms with van der Waals surface area (Å²) in [7, 11) is -1.93. The molecule has 0 unspecified atom stereocenters. The zero-order valence-corrected chi connectivity index (χ0v) is 21.2. The Morgan fingerprint density at radius 3 is 1.11 bits per heavy atom. The summed E-state index contributed by atoms with van der Waals surface area (Å²) in [5, 5.41) is 0. The van der Waals surface area contributed by atoms with Crippen molar-refractivity contribution in [2.45, 2.75) is 149 Å². The first-order valence-electron chi connectivity index (χ1n) is 13.0. The number of hydrogen-bond donors (Lipinski definition) is 0. The summed E-state index contributed by atoms with van der Waals surface area (Å²) < 4.78 is 12.5. The van der Waals surface area contributed by atoms with Crippen LogP contribution in [0.15, 0.2) is 0 Å². The minimum atomic E-state index is -1.93. The minimum Gasteiger partial charge on any atom is -0.394 e. The molecule has 0 aliphatic rings. The molecular weight excluding hydrogens is 360 g/mol. The molecule has 0 aromatic carbocycles. The van der Waals surface area contributed by atoms with E-state index >= 15 is 0 Å². The van der Waals surface area contributed by atoms with E-state index in [-0.39, 0.29) is 0 Å². The number of rotatable bonds is 23. The van der Waals surface area contributed by atoms with Gasteiger partial charge in [0, 0.05) is 13.2 Å². The van der Waals surface area contributed by atoms with Gasteiger partial charge in [-0.3, -0.25) is 0 Å². The minimum absolute atomic E-state index is 0.893. The van der Waals surface area contributed by atoms with Crippen molar-refractivity contribution in [2.75, 3.05) is 13.2 Å². The highest BCUT2D eigenvalue weighted by Crippen LogP contribution is 2.20. The Balaban J connectivity index is 3.57. The van der Waals surface area contributed by atoms with E-state index in [1.54, 1.807) is 0 Å². The molecular formula is C25H54O2Si. The standard InChI is InChI=1S/C25H54O2Si/c1-5-8-11-12-13-14-15-16-17-18-19-20-21-22-25-28(4,26-23-9-6-2)27-24-10-7-3/h5-25H2,1-4H3. The molecule has 3 heteroatoms. The van der Waals surface area contributed by atoms with E-state index in [2.05, 4.69) is 27.3 Å². The van der Waals surface area contributed by atoms with Crippen LogP contribution in [0.2, 0.25) is 12.6 Å². The highest BCUT2D eigenvalue weighted by Gasteiger charge is 2.30. The maximum absolute atomic E-state index is 6.25. The van der Waals surface area contributed by atoms with Gasteiger partial charge in [-0.15, -0.1) is 0 Å². The van der Waals surface area contributed by atoms with Gasteiger partial charge in [0.2, 0.25) is 0 Å². The second kappa shape index (κ2) is 21.8. The molecule has 0 aliphatic heterocycles. The van der Waals surface area contributed by atoms with E-state index in [1.165, 1.54) is 122 Å². The molecule has 0 N–H and O–H groups in total. The first kappa shape index (κ1) is 28.1. The third-order valence-electron chi connectivity index (χ3n) is 5.80. The molecule has 0 amide bonds. The zero-order chi connectivity index (χ0) is 20.8. The molecule has 0 saturated carbocycles. The Morgan fingerprint density at radius 1 is 0.429 bits per heavy atom. The maximum Gasteiger partial charge on any atom is 0.334 e. The van der Waals surface area contributed by atoms with Gasteiger partial charge < -0.3 is 8.85 Å². The first-order chi connectivity index (χ1) is 13.7. The van der Waals surface area contributed by atoms with Crippen LogP contribution in [0.1, 0.15) is 136 Å². The van der Waals surface area contributed by atoms with E-state index in [9.17, 15) is 0 Å². The van der Waals surface area contributed by atoms with Crippen molar-refractivity contribution in [1.82, 2.24) is 0 Å². The quantitative estimate of drug-likeness (QED) is 0.122. The van der Waals surface area contributed by atoms with Crippen LogP contribution >= 0.6 is 0 Å². The second-order valence-corrected chi connectivity index (χ2v) is 12.2. The van der Waals surface area contributed by atoms with Crippen LogP contribution < -0.4 is 0 Å². The molecule has 0 aromatic rings. The van der Waals surface area contributed by atoms with Crippen LogP contribution in [0.4, 0.5) is 0 Å². The molecule has 0 radical (unpaired) electrons. The lowest BCUT2D eigenvalue weighted by Crippen LogP contribution is -2.39. The lowest BCUT2D eigenvalue weighted by molar-refractivity contribution is 0.168. The van der Waals surface area contributed by atoms with Gasteiger partial charge in [-0.25, -0.2) is 0 Å². The fourth-order valence-electron chi connectivity index (χ4n) is 3.69. The van der Waals surface area contributed by atoms with Crippen LogP contribution in [0.5, 0.6) is 0 Å². The van der Waals surface area contributed by atoms with E-state index < -0.39 is 8.56 Å². The number of hydrogen-bond acceptors (Lipinski definition) is 2. The summed E-state index contributed by atoms with van der Waals surface area (Å²) in [5.41, 5.74) is 0. The maximum atomic E-state index is 6.25. The third-order valence-corrected chi connectivity index (χ3v) is 8.69. The van der Waals surface area contributed by atoms with Gasteiger partial charge in [-0.1, -0.05) is 124 Å². The van der Waals surface area contributed by atoms with Gasteiger partial charge in [0.05, 0.1) is 0 Å². The average Bonchev–Trinajstić information content (AvgIpc) is 2.69. The van der Waals surface area contributed by atoms with Crippen molar-refractivity contribution in [3.05, 3.63) is 0 Å². The molecule has 28 heavy (non-hydrogen) atoms. The van der Waals surface area contributed by atoms with E-state index in [4.69, 9.17) is 8.85 Å². The third kappa shape index (κ3) is 19.5. The van der Waals surface area contributed by atoms with Crippen LogP contribution in [0.25, 0.3) is 0 Å². The second-order valence-electron chi connectivity index (χ2n) is 8.88. The Bertz CT molecular complexity index is 286. The zero-order valence-electron chi connectivity index (χ0n) is 20.2. The smallest absolute Gasteiger partial charge is 0.334 e. The molecule has 0 heterocycles. The normalized spacial score (nSPS) is 12.0. The van der Waals surface area contributed by atoms with Gasteiger partial charge in [0.1, 0.15) is 0 Å². The van der Waals surface area contributed by atoms with Gasteiger partial charge in [0.25, 0.3) is 0 Å². The Kier molecular flexibility index (Phi) is 21.9. The van der Waals surface area contributed by atoms with Gasteiger partial charge in [0.15, 0.2) is 0 Å². The molecule has 0 rings (SSSR count). The first-order valence-corrected chi connectivity index (χ1v) is 15.5. The van der Waals surface area contributed by atoms with Crippen LogP contribution in [0.3, 0.4) is 0 Å². The monoisotopic (exact) mass is 414 g/mol. The molecule has 0 aliphatic carbocycles. The van der Waals surface area contributed by atoms with Crippen molar-refractivity contribution < 1.29 is 8.85 Å². The van der Waals surface area contributed by atoms with Gasteiger partial charge >= 0.3 is 8.56 Å². The highest BCUT2D eigenvalue weighted by atomic mass is 28.4. The highest BCUT2D eigenvalue weighted by molar-refractivity contribution is 6.66. The largest absolute Gasteiger partial charge is 0.394 e. The van der Waals surface area contributed by atoms with Crippen molar-refractivity contribution in [3.8, 4) is 0 Å². The molecule has 0 spiro atoms. The Morgan fingerprint density at radius 2 is 0.750 bits per heavy atom. The summed E-state index contributed by atoms with van der Waals surface area (Å²) in [6, 6.07) is 1.18. The van der Waals surface area contributed by atoms with Crippen molar-refractivity contribution in [3.63, 3.8) is 0 Å². The van der Waals surface area contributed by atoms with Gasteiger partial charge in [-0.2, -0.15) is 0 Å². The molecule has 0 fully saturated rings. The van der Waals surface area contributed by atoms with E-state index in [0.29, 0.717) is 0 Å². The van der Waals surface area contributed by atoms with E-state index in [1.807, 2.05) is 0 Å². The molecule has 170 valence electrons. The summed E-state index contributed by atoms with van der Waals surface area (Å²) in [4.78, 5) is 0. The fourth-order valence-corrected chi connectivity index (χ4v) is 6.11. The van der Waals surface area contributed by atoms with Crippen LogP contribution in [-0.4, -0.2) is 21.8 Å². The van der Waals surface area contributed by atoms with Crippen LogP contribution in [-0.2, 0) is 8.85 Å².